The van der Waals surface area contributed by atoms with Crippen LogP contribution < -0.4 is 0 Å². The van der Waals surface area contributed by atoms with E-state index >= 15 is 0 Å². The number of hydrogen-bond donors (Lipinski definition) is 0. The van der Waals surface area contributed by atoms with Gasteiger partial charge in [0.25, 0.3) is 0 Å². The maximum Gasteiger partial charge on any atom is 0.151 e. The predicted octanol–water partition coefficient (Wildman–Crippen LogP) is 3.54. The molecule has 2 heteroatoms. The van der Waals surface area contributed by atoms with Gasteiger partial charge in [-0.2, -0.15) is 0 Å². The third kappa shape index (κ3) is 1.13. The Morgan fingerprint density at radius 3 is 2.56 bits per heavy atom. The molecule has 16 heavy (non-hydrogen) atoms. The summed E-state index contributed by atoms with van der Waals surface area (Å²) in [4.78, 5) is 10.7. The van der Waals surface area contributed by atoms with Crippen LogP contribution in [-0.2, 0) is 0 Å². The Kier molecular flexibility index (Phi) is 1.90. The number of hydrogen-bond acceptors (Lipinski definition) is 1. The summed E-state index contributed by atoms with van der Waals surface area (Å²) in [7, 11) is 0. The maximum atomic E-state index is 14.1. The fourth-order valence-electron chi connectivity index (χ4n) is 2.24. The van der Waals surface area contributed by atoms with Crippen molar-refractivity contribution in [2.75, 3.05) is 0 Å². The van der Waals surface area contributed by atoms with Crippen molar-refractivity contribution >= 4 is 6.29 Å². The molecule has 0 spiro atoms. The van der Waals surface area contributed by atoms with Gasteiger partial charge in [-0.15, -0.1) is 0 Å². The second-order valence-corrected chi connectivity index (χ2v) is 3.91. The summed E-state index contributed by atoms with van der Waals surface area (Å²) in [6.45, 7) is 0. The molecule has 0 radical (unpaired) electrons. The largest absolute Gasteiger partial charge is 0.298 e. The molecule has 1 nitrogen and oxygen atoms in total. The number of rotatable bonds is 1. The topological polar surface area (TPSA) is 17.1 Å². The van der Waals surface area contributed by atoms with Gasteiger partial charge < -0.3 is 0 Å². The van der Waals surface area contributed by atoms with Crippen LogP contribution in [0, 0.1) is 0 Å². The lowest BCUT2D eigenvalue weighted by Crippen LogP contribution is -1.89. The molecule has 0 amide bonds. The minimum absolute atomic E-state index is 0.522. The highest BCUT2D eigenvalue weighted by molar-refractivity contribution is 5.83. The highest BCUT2D eigenvalue weighted by atomic mass is 19.1. The second kappa shape index (κ2) is 3.27. The second-order valence-electron chi connectivity index (χ2n) is 3.91. The van der Waals surface area contributed by atoms with Gasteiger partial charge in [0.2, 0.25) is 0 Å². The lowest BCUT2D eigenvalue weighted by Gasteiger charge is -2.02. The molecule has 78 valence electrons. The Balaban J connectivity index is 2.28. The Hall–Kier alpha value is -1.96. The number of halogens is 1. The van der Waals surface area contributed by atoms with Crippen molar-refractivity contribution in [3.8, 4) is 11.1 Å². The fourth-order valence-corrected chi connectivity index (χ4v) is 2.24. The van der Waals surface area contributed by atoms with Gasteiger partial charge in [0.05, 0.1) is 0 Å². The molecule has 0 heterocycles. The van der Waals surface area contributed by atoms with Gasteiger partial charge in [-0.25, -0.2) is 4.39 Å². The van der Waals surface area contributed by atoms with E-state index in [1.807, 2.05) is 24.3 Å². The van der Waals surface area contributed by atoms with Crippen LogP contribution in [0.5, 0.6) is 0 Å². The van der Waals surface area contributed by atoms with Crippen molar-refractivity contribution in [3.63, 3.8) is 0 Å². The smallest absolute Gasteiger partial charge is 0.151 e. The first-order valence-corrected chi connectivity index (χ1v) is 5.14. The zero-order valence-electron chi connectivity index (χ0n) is 8.48. The quantitative estimate of drug-likeness (QED) is 0.661. The lowest BCUT2D eigenvalue weighted by molar-refractivity contribution is 0.112. The molecular formula is C14H9FO. The van der Waals surface area contributed by atoms with Gasteiger partial charge in [0.15, 0.2) is 6.17 Å². The van der Waals surface area contributed by atoms with Crippen molar-refractivity contribution in [3.05, 3.63) is 59.2 Å². The van der Waals surface area contributed by atoms with E-state index in [2.05, 4.69) is 0 Å². The predicted molar refractivity (Wildman–Crippen MR) is 60.2 cm³/mol. The van der Waals surface area contributed by atoms with Crippen LogP contribution in [0.25, 0.3) is 11.1 Å². The van der Waals surface area contributed by atoms with E-state index in [9.17, 15) is 9.18 Å². The van der Waals surface area contributed by atoms with Crippen LogP contribution in [0.2, 0.25) is 0 Å². The Morgan fingerprint density at radius 2 is 1.75 bits per heavy atom. The molecule has 0 bridgehead atoms. The highest BCUT2D eigenvalue weighted by Gasteiger charge is 2.27. The molecule has 0 aliphatic heterocycles. The Labute approximate surface area is 92.5 Å². The van der Waals surface area contributed by atoms with Crippen LogP contribution >= 0.6 is 0 Å². The summed E-state index contributed by atoms with van der Waals surface area (Å²) in [6, 6.07) is 12.6. The molecule has 0 N–H and O–H groups in total. The zero-order valence-corrected chi connectivity index (χ0v) is 8.48. The first-order valence-electron chi connectivity index (χ1n) is 5.14. The van der Waals surface area contributed by atoms with Gasteiger partial charge >= 0.3 is 0 Å². The molecule has 0 saturated heterocycles. The van der Waals surface area contributed by atoms with E-state index in [0.717, 1.165) is 17.4 Å². The highest BCUT2D eigenvalue weighted by Crippen LogP contribution is 2.45. The minimum atomic E-state index is -1.11. The van der Waals surface area contributed by atoms with E-state index in [0.29, 0.717) is 16.7 Å². The molecule has 0 aromatic heterocycles. The first-order chi connectivity index (χ1) is 7.81. The summed E-state index contributed by atoms with van der Waals surface area (Å²) in [5.74, 6) is 0. The molecule has 2 aromatic rings. The minimum Gasteiger partial charge on any atom is -0.298 e. The summed E-state index contributed by atoms with van der Waals surface area (Å²) < 4.78 is 14.1. The van der Waals surface area contributed by atoms with Gasteiger partial charge in [0, 0.05) is 5.56 Å². The van der Waals surface area contributed by atoms with Crippen molar-refractivity contribution in [1.29, 1.82) is 0 Å². The van der Waals surface area contributed by atoms with E-state index in [4.69, 9.17) is 0 Å². The molecule has 3 rings (SSSR count). The van der Waals surface area contributed by atoms with Crippen LogP contribution in [0.4, 0.5) is 4.39 Å². The number of aldehydes is 1. The number of carbonyl (C=O) groups is 1. The normalized spacial score (nSPS) is 16.7. The van der Waals surface area contributed by atoms with Crippen LogP contribution in [0.3, 0.4) is 0 Å². The van der Waals surface area contributed by atoms with E-state index in [1.165, 1.54) is 0 Å². The van der Waals surface area contributed by atoms with Crippen molar-refractivity contribution in [1.82, 2.24) is 0 Å². The summed E-state index contributed by atoms with van der Waals surface area (Å²) in [6.07, 6.45) is -0.359. The Bertz CT molecular complexity index is 575. The van der Waals surface area contributed by atoms with E-state index in [1.54, 1.807) is 18.2 Å². The molecule has 1 aliphatic carbocycles. The van der Waals surface area contributed by atoms with E-state index < -0.39 is 6.17 Å². The number of fused-ring (bicyclic) bond motifs is 3. The fraction of sp³-hybridized carbons (Fsp3) is 0.0714. The monoisotopic (exact) mass is 212 g/mol. The van der Waals surface area contributed by atoms with Crippen molar-refractivity contribution in [2.45, 2.75) is 6.17 Å². The average molecular weight is 212 g/mol. The van der Waals surface area contributed by atoms with Crippen LogP contribution in [-0.4, -0.2) is 6.29 Å². The average Bonchev–Trinajstić information content (AvgIpc) is 2.64. The molecule has 1 aliphatic rings. The molecule has 1 atom stereocenters. The van der Waals surface area contributed by atoms with Gasteiger partial charge in [-0.05, 0) is 28.3 Å². The third-order valence-electron chi connectivity index (χ3n) is 3.01. The van der Waals surface area contributed by atoms with Gasteiger partial charge in [0.1, 0.15) is 6.29 Å². The summed E-state index contributed by atoms with van der Waals surface area (Å²) in [5, 5.41) is 0. The zero-order chi connectivity index (χ0) is 11.1. The third-order valence-corrected chi connectivity index (χ3v) is 3.01. The number of benzene rings is 2. The number of carbonyl (C=O) groups excluding carboxylic acids is 1. The summed E-state index contributed by atoms with van der Waals surface area (Å²) >= 11 is 0. The molecule has 0 saturated carbocycles. The molecule has 1 unspecified atom stereocenters. The SMILES string of the molecule is O=Cc1ccc2c(c1)C(F)c1ccccc1-2. The summed E-state index contributed by atoms with van der Waals surface area (Å²) in [5.41, 5.74) is 3.65. The standard InChI is InChI=1S/C14H9FO/c15-14-12-4-2-1-3-10(12)11-6-5-9(8-16)7-13(11)14/h1-8,14H. The molecular weight excluding hydrogens is 203 g/mol. The van der Waals surface area contributed by atoms with Crippen LogP contribution in [0.1, 0.15) is 27.7 Å². The van der Waals surface area contributed by atoms with Gasteiger partial charge in [-0.1, -0.05) is 36.4 Å². The van der Waals surface area contributed by atoms with Crippen LogP contribution in [0.15, 0.2) is 42.5 Å². The van der Waals surface area contributed by atoms with Gasteiger partial charge in [-0.3, -0.25) is 4.79 Å². The Morgan fingerprint density at radius 1 is 1.00 bits per heavy atom. The number of alkyl halides is 1. The first kappa shape index (κ1) is 9.28. The van der Waals surface area contributed by atoms with Crippen molar-refractivity contribution < 1.29 is 9.18 Å². The molecule has 2 aromatic carbocycles. The lowest BCUT2D eigenvalue weighted by atomic mass is 10.0. The van der Waals surface area contributed by atoms with E-state index in [-0.39, 0.29) is 0 Å². The maximum absolute atomic E-state index is 14.1. The molecule has 0 fully saturated rings. The van der Waals surface area contributed by atoms with Crippen molar-refractivity contribution in [2.24, 2.45) is 0 Å².